The van der Waals surface area contributed by atoms with E-state index in [4.69, 9.17) is 10.9 Å². The zero-order chi connectivity index (χ0) is 10.8. The second-order valence-corrected chi connectivity index (χ2v) is 4.54. The van der Waals surface area contributed by atoms with Crippen LogP contribution >= 0.6 is 11.8 Å². The summed E-state index contributed by atoms with van der Waals surface area (Å²) in [5.41, 5.74) is 2.10. The topological polar surface area (TPSA) is 75.3 Å². The molecule has 0 aromatic rings. The molecule has 0 aliphatic rings. The predicted octanol–water partition coefficient (Wildman–Crippen LogP) is 0.508. The third kappa shape index (κ3) is 8.34. The highest BCUT2D eigenvalue weighted by Gasteiger charge is 2.00. The van der Waals surface area contributed by atoms with Gasteiger partial charge in [0.15, 0.2) is 0 Å². The Morgan fingerprint density at radius 3 is 2.86 bits per heavy atom. The van der Waals surface area contributed by atoms with Gasteiger partial charge in [-0.2, -0.15) is 11.8 Å². The quantitative estimate of drug-likeness (QED) is 0.241. The average Bonchev–Trinajstić information content (AvgIpc) is 2.22. The summed E-state index contributed by atoms with van der Waals surface area (Å²) in [5, 5.41) is 8.76. The van der Waals surface area contributed by atoms with Gasteiger partial charge in [0.25, 0.3) is 0 Å². The summed E-state index contributed by atoms with van der Waals surface area (Å²) >= 11 is 1.82. The van der Waals surface area contributed by atoms with Crippen molar-refractivity contribution in [3.05, 3.63) is 0 Å². The van der Waals surface area contributed by atoms with Crippen LogP contribution in [0.4, 0.5) is 0 Å². The number of thioether (sulfide) groups is 1. The van der Waals surface area contributed by atoms with Crippen molar-refractivity contribution in [1.29, 1.82) is 0 Å². The lowest BCUT2D eigenvalue weighted by Crippen LogP contribution is -2.29. The third-order valence-corrected chi connectivity index (χ3v) is 3.20. The van der Waals surface area contributed by atoms with Crippen molar-refractivity contribution in [3.63, 3.8) is 0 Å². The first-order valence-corrected chi connectivity index (χ1v) is 6.04. The summed E-state index contributed by atoms with van der Waals surface area (Å²) in [7, 11) is 0. The molecule has 4 nitrogen and oxygen atoms in total. The van der Waals surface area contributed by atoms with Crippen molar-refractivity contribution >= 4 is 17.7 Å². The van der Waals surface area contributed by atoms with E-state index < -0.39 is 0 Å². The van der Waals surface area contributed by atoms with Gasteiger partial charge in [0.05, 0.1) is 0 Å². The maximum absolute atomic E-state index is 10.7. The van der Waals surface area contributed by atoms with Gasteiger partial charge in [-0.3, -0.25) is 10.2 Å². The van der Waals surface area contributed by atoms with Gasteiger partial charge in [-0.1, -0.05) is 6.92 Å². The molecule has 0 saturated heterocycles. The first-order valence-electron chi connectivity index (χ1n) is 4.88. The molecule has 0 fully saturated rings. The Morgan fingerprint density at radius 2 is 2.29 bits per heavy atom. The minimum Gasteiger partial charge on any atom is -0.396 e. The van der Waals surface area contributed by atoms with Gasteiger partial charge in [0.2, 0.25) is 5.91 Å². The summed E-state index contributed by atoms with van der Waals surface area (Å²) in [6, 6.07) is 0. The van der Waals surface area contributed by atoms with E-state index >= 15 is 0 Å². The fraction of sp³-hybridized carbons (Fsp3) is 0.889. The Bertz CT molecular complexity index is 156. The van der Waals surface area contributed by atoms with E-state index in [0.717, 1.165) is 24.3 Å². The normalized spacial score (nSPS) is 12.5. The molecular formula is C9H20N2O2S. The molecule has 0 aromatic heterocycles. The Kier molecular flexibility index (Phi) is 9.13. The molecule has 0 aliphatic carbocycles. The number of aliphatic hydroxyl groups excluding tert-OH is 1. The average molecular weight is 220 g/mol. The van der Waals surface area contributed by atoms with E-state index in [2.05, 4.69) is 5.43 Å². The van der Waals surface area contributed by atoms with Gasteiger partial charge >= 0.3 is 0 Å². The second-order valence-electron chi connectivity index (χ2n) is 3.39. The number of amides is 1. The molecule has 0 saturated carbocycles. The van der Waals surface area contributed by atoms with Gasteiger partial charge < -0.3 is 5.11 Å². The molecule has 0 radical (unpaired) electrons. The molecular weight excluding hydrogens is 200 g/mol. The molecule has 1 unspecified atom stereocenters. The predicted molar refractivity (Wildman–Crippen MR) is 59.8 cm³/mol. The van der Waals surface area contributed by atoms with Crippen LogP contribution in [0.5, 0.6) is 0 Å². The van der Waals surface area contributed by atoms with Gasteiger partial charge in [0, 0.05) is 13.0 Å². The van der Waals surface area contributed by atoms with Crippen LogP contribution in [0.15, 0.2) is 0 Å². The molecule has 0 rings (SSSR count). The molecule has 84 valence electrons. The number of hydrogen-bond acceptors (Lipinski definition) is 4. The van der Waals surface area contributed by atoms with Crippen molar-refractivity contribution < 1.29 is 9.90 Å². The van der Waals surface area contributed by atoms with Crippen LogP contribution in [0.3, 0.4) is 0 Å². The molecule has 4 N–H and O–H groups in total. The number of carbonyl (C=O) groups is 1. The zero-order valence-electron chi connectivity index (χ0n) is 8.66. The van der Waals surface area contributed by atoms with E-state index in [9.17, 15) is 4.79 Å². The summed E-state index contributed by atoms with van der Waals surface area (Å²) in [5.74, 6) is 7.24. The highest BCUT2D eigenvalue weighted by molar-refractivity contribution is 7.99. The van der Waals surface area contributed by atoms with Gasteiger partial charge in [-0.05, 0) is 30.3 Å². The van der Waals surface area contributed by atoms with Crippen LogP contribution in [-0.4, -0.2) is 29.1 Å². The number of aliphatic hydroxyl groups is 1. The molecule has 1 atom stereocenters. The summed E-state index contributed by atoms with van der Waals surface area (Å²) in [6.07, 6.45) is 2.41. The maximum atomic E-state index is 10.7. The lowest BCUT2D eigenvalue weighted by molar-refractivity contribution is -0.121. The zero-order valence-corrected chi connectivity index (χ0v) is 9.48. The first kappa shape index (κ1) is 13.7. The van der Waals surface area contributed by atoms with E-state index in [1.54, 1.807) is 0 Å². The number of nitrogens with one attached hydrogen (secondary N) is 1. The fourth-order valence-electron chi connectivity index (χ4n) is 0.899. The van der Waals surface area contributed by atoms with Crippen molar-refractivity contribution in [2.45, 2.75) is 26.2 Å². The Morgan fingerprint density at radius 1 is 1.57 bits per heavy atom. The first-order chi connectivity index (χ1) is 6.70. The van der Waals surface area contributed by atoms with Crippen LogP contribution in [0.2, 0.25) is 0 Å². The minimum absolute atomic E-state index is 0.0984. The van der Waals surface area contributed by atoms with E-state index in [1.807, 2.05) is 18.7 Å². The van der Waals surface area contributed by atoms with Crippen LogP contribution in [0.25, 0.3) is 0 Å². The molecule has 1 amide bonds. The van der Waals surface area contributed by atoms with Crippen molar-refractivity contribution in [1.82, 2.24) is 5.43 Å². The highest BCUT2D eigenvalue weighted by atomic mass is 32.2. The Balaban J connectivity index is 3.10. The molecule has 0 aromatic carbocycles. The number of carbonyl (C=O) groups excluding carboxylic acids is 1. The monoisotopic (exact) mass is 220 g/mol. The molecule has 0 heterocycles. The van der Waals surface area contributed by atoms with Crippen LogP contribution < -0.4 is 11.3 Å². The van der Waals surface area contributed by atoms with Crippen LogP contribution in [0.1, 0.15) is 26.2 Å². The van der Waals surface area contributed by atoms with Crippen molar-refractivity contribution in [3.8, 4) is 0 Å². The number of nitrogens with two attached hydrogens (primary N) is 1. The van der Waals surface area contributed by atoms with Crippen molar-refractivity contribution in [2.75, 3.05) is 18.1 Å². The van der Waals surface area contributed by atoms with Crippen LogP contribution in [-0.2, 0) is 4.79 Å². The number of rotatable bonds is 8. The van der Waals surface area contributed by atoms with Gasteiger partial charge in [-0.15, -0.1) is 0 Å². The lowest BCUT2D eigenvalue weighted by atomic mass is 10.2. The number of hydrazine groups is 1. The SMILES string of the molecule is CC(CO)CSCCCCC(=O)NN. The van der Waals surface area contributed by atoms with E-state index in [0.29, 0.717) is 12.3 Å². The van der Waals surface area contributed by atoms with E-state index in [-0.39, 0.29) is 12.5 Å². The minimum atomic E-state index is -0.0984. The molecule has 0 spiro atoms. The summed E-state index contributed by atoms with van der Waals surface area (Å²) < 4.78 is 0. The molecule has 0 aliphatic heterocycles. The van der Waals surface area contributed by atoms with Crippen LogP contribution in [0, 0.1) is 5.92 Å². The lowest BCUT2D eigenvalue weighted by Gasteiger charge is -2.06. The largest absolute Gasteiger partial charge is 0.396 e. The summed E-state index contributed by atoms with van der Waals surface area (Å²) in [4.78, 5) is 10.7. The maximum Gasteiger partial charge on any atom is 0.233 e. The molecule has 5 heteroatoms. The third-order valence-electron chi connectivity index (χ3n) is 1.82. The Labute approximate surface area is 89.6 Å². The summed E-state index contributed by atoms with van der Waals surface area (Å²) in [6.45, 7) is 2.28. The molecule has 14 heavy (non-hydrogen) atoms. The van der Waals surface area contributed by atoms with Gasteiger partial charge in [-0.25, -0.2) is 5.84 Å². The Hall–Kier alpha value is -0.260. The standard InChI is InChI=1S/C9H20N2O2S/c1-8(6-12)7-14-5-3-2-4-9(13)11-10/h8,12H,2-7,10H2,1H3,(H,11,13). The second kappa shape index (κ2) is 9.30. The molecule has 0 bridgehead atoms. The van der Waals surface area contributed by atoms with E-state index in [1.165, 1.54) is 0 Å². The number of hydrogen-bond donors (Lipinski definition) is 3. The fourth-order valence-corrected chi connectivity index (χ4v) is 1.98. The number of unbranched alkanes of at least 4 members (excludes halogenated alkanes) is 1. The highest BCUT2D eigenvalue weighted by Crippen LogP contribution is 2.10. The van der Waals surface area contributed by atoms with Gasteiger partial charge in [0.1, 0.15) is 0 Å². The smallest absolute Gasteiger partial charge is 0.233 e. The van der Waals surface area contributed by atoms with Crippen molar-refractivity contribution in [2.24, 2.45) is 11.8 Å².